The van der Waals surface area contributed by atoms with E-state index in [1.54, 1.807) is 13.2 Å². The Labute approximate surface area is 105 Å². The minimum absolute atomic E-state index is 0.208. The minimum atomic E-state index is -0.208. The normalized spacial score (nSPS) is 10.9. The number of methoxy groups -OCH3 is 1. The third-order valence-electron chi connectivity index (χ3n) is 2.36. The Hall–Kier alpha value is -1.05. The minimum Gasteiger partial charge on any atom is -0.382 e. The fraction of sp³-hybridized carbons (Fsp3) is 0.417. The number of benzene rings is 1. The summed E-state index contributed by atoms with van der Waals surface area (Å²) in [6.45, 7) is 4.74. The summed E-state index contributed by atoms with van der Waals surface area (Å²) < 4.78 is 6.11. The molecule has 0 saturated heterocycles. The molecule has 0 heterocycles. The first-order chi connectivity index (χ1) is 7.48. The zero-order valence-electron chi connectivity index (χ0n) is 9.67. The molecule has 0 radical (unpaired) electrons. The molecule has 3 nitrogen and oxygen atoms in total. The van der Waals surface area contributed by atoms with Crippen LogP contribution in [0, 0.1) is 11.3 Å². The molecule has 0 bridgehead atoms. The summed E-state index contributed by atoms with van der Waals surface area (Å²) in [5, 5.41) is 12.0. The largest absolute Gasteiger partial charge is 0.382 e. The number of hydrogen-bond donors (Lipinski definition) is 1. The van der Waals surface area contributed by atoms with Crippen LogP contribution in [0.25, 0.3) is 0 Å². The van der Waals surface area contributed by atoms with Gasteiger partial charge in [0.05, 0.1) is 11.2 Å². The Morgan fingerprint density at radius 2 is 2.19 bits per heavy atom. The molecule has 0 amide bonds. The van der Waals surface area contributed by atoms with Gasteiger partial charge in [-0.1, -0.05) is 0 Å². The summed E-state index contributed by atoms with van der Waals surface area (Å²) in [4.78, 5) is 0. The third-order valence-corrected chi connectivity index (χ3v) is 3.02. The lowest BCUT2D eigenvalue weighted by atomic mass is 10.1. The summed E-state index contributed by atoms with van der Waals surface area (Å²) >= 11 is 3.35. The van der Waals surface area contributed by atoms with Gasteiger partial charge in [0.15, 0.2) is 0 Å². The molecule has 1 aromatic carbocycles. The van der Waals surface area contributed by atoms with E-state index in [4.69, 9.17) is 10.00 Å². The van der Waals surface area contributed by atoms with Crippen LogP contribution in [-0.2, 0) is 4.74 Å². The van der Waals surface area contributed by atoms with E-state index in [9.17, 15) is 0 Å². The van der Waals surface area contributed by atoms with Crippen molar-refractivity contribution in [3.05, 3.63) is 28.2 Å². The Bertz CT molecular complexity index is 410. The Balaban J connectivity index is 2.70. The second-order valence-electron chi connectivity index (χ2n) is 4.12. The molecule has 1 N–H and O–H groups in total. The van der Waals surface area contributed by atoms with Gasteiger partial charge in [0.1, 0.15) is 6.07 Å². The molecule has 0 fully saturated rings. The first-order valence-corrected chi connectivity index (χ1v) is 5.76. The highest BCUT2D eigenvalue weighted by molar-refractivity contribution is 9.10. The van der Waals surface area contributed by atoms with Crippen LogP contribution in [-0.4, -0.2) is 19.3 Å². The van der Waals surface area contributed by atoms with Gasteiger partial charge in [-0.3, -0.25) is 0 Å². The van der Waals surface area contributed by atoms with Gasteiger partial charge >= 0.3 is 0 Å². The van der Waals surface area contributed by atoms with E-state index in [0.717, 1.165) is 10.2 Å². The molecular weight excluding hydrogens is 268 g/mol. The number of anilines is 1. The van der Waals surface area contributed by atoms with Crippen molar-refractivity contribution in [3.8, 4) is 6.07 Å². The predicted molar refractivity (Wildman–Crippen MR) is 68.4 cm³/mol. The molecule has 0 aromatic heterocycles. The monoisotopic (exact) mass is 282 g/mol. The number of nitrogens with one attached hydrogen (secondary N) is 1. The highest BCUT2D eigenvalue weighted by atomic mass is 79.9. The molecule has 1 aromatic rings. The summed E-state index contributed by atoms with van der Waals surface area (Å²) in [6.07, 6.45) is 0. The molecule has 0 atom stereocenters. The number of hydrogen-bond acceptors (Lipinski definition) is 3. The summed E-state index contributed by atoms with van der Waals surface area (Å²) in [5.41, 5.74) is 1.40. The van der Waals surface area contributed by atoms with Gasteiger partial charge in [0, 0.05) is 23.8 Å². The standard InChI is InChI=1S/C12H15BrN2O/c1-12(2,16-3)8-15-10-5-4-9(7-14)11(13)6-10/h4-6,15H,8H2,1-3H3. The molecule has 4 heteroatoms. The van der Waals surface area contributed by atoms with E-state index in [1.807, 2.05) is 26.0 Å². The average molecular weight is 283 g/mol. The lowest BCUT2D eigenvalue weighted by Gasteiger charge is -2.23. The van der Waals surface area contributed by atoms with Crippen LogP contribution in [0.2, 0.25) is 0 Å². The second-order valence-corrected chi connectivity index (χ2v) is 4.98. The van der Waals surface area contributed by atoms with Crippen molar-refractivity contribution in [3.63, 3.8) is 0 Å². The Morgan fingerprint density at radius 1 is 1.50 bits per heavy atom. The van der Waals surface area contributed by atoms with Crippen molar-refractivity contribution >= 4 is 21.6 Å². The zero-order valence-corrected chi connectivity index (χ0v) is 11.3. The van der Waals surface area contributed by atoms with Crippen LogP contribution in [0.15, 0.2) is 22.7 Å². The van der Waals surface area contributed by atoms with E-state index >= 15 is 0 Å². The van der Waals surface area contributed by atoms with Crippen LogP contribution < -0.4 is 5.32 Å². The molecular formula is C12H15BrN2O. The van der Waals surface area contributed by atoms with Gasteiger partial charge in [-0.25, -0.2) is 0 Å². The van der Waals surface area contributed by atoms with E-state index in [0.29, 0.717) is 12.1 Å². The number of nitriles is 1. The number of rotatable bonds is 4. The van der Waals surface area contributed by atoms with Crippen LogP contribution in [0.4, 0.5) is 5.69 Å². The number of nitrogens with zero attached hydrogens (tertiary/aromatic N) is 1. The second kappa shape index (κ2) is 5.33. The molecule has 16 heavy (non-hydrogen) atoms. The first-order valence-electron chi connectivity index (χ1n) is 4.97. The molecule has 0 aliphatic heterocycles. The Kier molecular flexibility index (Phi) is 4.34. The van der Waals surface area contributed by atoms with Crippen molar-refractivity contribution in [2.24, 2.45) is 0 Å². The van der Waals surface area contributed by atoms with E-state index in [-0.39, 0.29) is 5.60 Å². The van der Waals surface area contributed by atoms with E-state index in [2.05, 4.69) is 27.3 Å². The van der Waals surface area contributed by atoms with Gasteiger partial charge in [-0.05, 0) is 48.0 Å². The molecule has 0 aliphatic rings. The van der Waals surface area contributed by atoms with Crippen molar-refractivity contribution in [2.45, 2.75) is 19.4 Å². The summed E-state index contributed by atoms with van der Waals surface area (Å²) in [7, 11) is 1.69. The molecule has 0 aliphatic carbocycles. The fourth-order valence-corrected chi connectivity index (χ4v) is 1.57. The van der Waals surface area contributed by atoms with Crippen LogP contribution in [0.1, 0.15) is 19.4 Å². The van der Waals surface area contributed by atoms with Gasteiger partial charge in [-0.2, -0.15) is 5.26 Å². The number of ether oxygens (including phenoxy) is 1. The summed E-state index contributed by atoms with van der Waals surface area (Å²) in [6, 6.07) is 7.67. The molecule has 86 valence electrons. The molecule has 0 unspecified atom stereocenters. The van der Waals surface area contributed by atoms with Gasteiger partial charge in [-0.15, -0.1) is 0 Å². The Morgan fingerprint density at radius 3 is 2.69 bits per heavy atom. The lowest BCUT2D eigenvalue weighted by Crippen LogP contribution is -2.32. The third kappa shape index (κ3) is 3.51. The SMILES string of the molecule is COC(C)(C)CNc1ccc(C#N)c(Br)c1. The number of halogens is 1. The van der Waals surface area contributed by atoms with Gasteiger partial charge in [0.2, 0.25) is 0 Å². The smallest absolute Gasteiger partial charge is 0.100 e. The zero-order chi connectivity index (χ0) is 12.2. The maximum absolute atomic E-state index is 8.79. The van der Waals surface area contributed by atoms with Crippen LogP contribution in [0.5, 0.6) is 0 Å². The highest BCUT2D eigenvalue weighted by Crippen LogP contribution is 2.21. The van der Waals surface area contributed by atoms with E-state index in [1.165, 1.54) is 0 Å². The van der Waals surface area contributed by atoms with Crippen LogP contribution in [0.3, 0.4) is 0 Å². The van der Waals surface area contributed by atoms with E-state index < -0.39 is 0 Å². The molecule has 0 saturated carbocycles. The maximum atomic E-state index is 8.79. The molecule has 0 spiro atoms. The van der Waals surface area contributed by atoms with Crippen molar-refractivity contribution in [1.29, 1.82) is 5.26 Å². The quantitative estimate of drug-likeness (QED) is 0.923. The average Bonchev–Trinajstić information content (AvgIpc) is 2.27. The van der Waals surface area contributed by atoms with Crippen LogP contribution >= 0.6 is 15.9 Å². The predicted octanol–water partition coefficient (Wildman–Crippen LogP) is 3.16. The van der Waals surface area contributed by atoms with Gasteiger partial charge in [0.25, 0.3) is 0 Å². The topological polar surface area (TPSA) is 45.0 Å². The maximum Gasteiger partial charge on any atom is 0.100 e. The first kappa shape index (κ1) is 13.0. The molecule has 1 rings (SSSR count). The van der Waals surface area contributed by atoms with Crippen molar-refractivity contribution in [1.82, 2.24) is 0 Å². The van der Waals surface area contributed by atoms with Crippen molar-refractivity contribution in [2.75, 3.05) is 19.0 Å². The fourth-order valence-electron chi connectivity index (χ4n) is 1.10. The summed E-state index contributed by atoms with van der Waals surface area (Å²) in [5.74, 6) is 0. The van der Waals surface area contributed by atoms with Gasteiger partial charge < -0.3 is 10.1 Å². The highest BCUT2D eigenvalue weighted by Gasteiger charge is 2.15. The lowest BCUT2D eigenvalue weighted by molar-refractivity contribution is 0.0344. The van der Waals surface area contributed by atoms with Crippen molar-refractivity contribution < 1.29 is 4.74 Å².